The standard InChI is InChI=1S/C18H16BrN3O3/c1-11(20-17(23)12-7-3-5-9-14(12)19)18-21-16(22-25-18)13-8-4-6-10-15(13)24-2/h3-11H,1-2H3,(H,20,23)/t11-/m1/s1. The number of para-hydroxylation sites is 1. The third-order valence-electron chi connectivity index (χ3n) is 3.63. The largest absolute Gasteiger partial charge is 0.496 e. The fourth-order valence-corrected chi connectivity index (χ4v) is 2.80. The van der Waals surface area contributed by atoms with E-state index in [0.29, 0.717) is 23.0 Å². The van der Waals surface area contributed by atoms with Gasteiger partial charge in [-0.2, -0.15) is 4.98 Å². The number of carbonyl (C=O) groups excluding carboxylic acids is 1. The maximum atomic E-state index is 12.4. The Kier molecular flexibility index (Phi) is 5.14. The van der Waals surface area contributed by atoms with Gasteiger partial charge in [-0.25, -0.2) is 0 Å². The number of benzene rings is 2. The lowest BCUT2D eigenvalue weighted by Gasteiger charge is -2.10. The second kappa shape index (κ2) is 7.48. The van der Waals surface area contributed by atoms with Crippen LogP contribution in [0.25, 0.3) is 11.4 Å². The summed E-state index contributed by atoms with van der Waals surface area (Å²) in [7, 11) is 1.58. The summed E-state index contributed by atoms with van der Waals surface area (Å²) in [6.07, 6.45) is 0. The summed E-state index contributed by atoms with van der Waals surface area (Å²) in [5.74, 6) is 1.16. The van der Waals surface area contributed by atoms with Gasteiger partial charge in [0.05, 0.1) is 18.2 Å². The monoisotopic (exact) mass is 401 g/mol. The average Bonchev–Trinajstić information content (AvgIpc) is 3.12. The van der Waals surface area contributed by atoms with Crippen molar-refractivity contribution in [2.45, 2.75) is 13.0 Å². The molecule has 25 heavy (non-hydrogen) atoms. The quantitative estimate of drug-likeness (QED) is 0.698. The van der Waals surface area contributed by atoms with Crippen LogP contribution < -0.4 is 10.1 Å². The molecule has 1 heterocycles. The van der Waals surface area contributed by atoms with Crippen LogP contribution in [-0.4, -0.2) is 23.2 Å². The number of hydrogen-bond donors (Lipinski definition) is 1. The second-order valence-corrected chi connectivity index (χ2v) is 6.19. The van der Waals surface area contributed by atoms with Gasteiger partial charge < -0.3 is 14.6 Å². The molecule has 0 unspecified atom stereocenters. The summed E-state index contributed by atoms with van der Waals surface area (Å²) < 4.78 is 11.3. The molecule has 3 rings (SSSR count). The van der Waals surface area contributed by atoms with Gasteiger partial charge in [-0.3, -0.25) is 4.79 Å². The van der Waals surface area contributed by atoms with E-state index >= 15 is 0 Å². The highest BCUT2D eigenvalue weighted by atomic mass is 79.9. The van der Waals surface area contributed by atoms with Gasteiger partial charge in [0.1, 0.15) is 11.8 Å². The molecular formula is C18H16BrN3O3. The second-order valence-electron chi connectivity index (χ2n) is 5.33. The van der Waals surface area contributed by atoms with Crippen molar-refractivity contribution in [3.8, 4) is 17.1 Å². The minimum atomic E-state index is -0.435. The molecule has 3 aromatic rings. The Morgan fingerprint density at radius 2 is 1.92 bits per heavy atom. The highest BCUT2D eigenvalue weighted by Gasteiger charge is 2.20. The number of nitrogens with one attached hydrogen (secondary N) is 1. The molecule has 1 atom stereocenters. The summed E-state index contributed by atoms with van der Waals surface area (Å²) in [4.78, 5) is 16.7. The summed E-state index contributed by atoms with van der Waals surface area (Å²) in [5.41, 5.74) is 1.27. The highest BCUT2D eigenvalue weighted by molar-refractivity contribution is 9.10. The first-order chi connectivity index (χ1) is 12.1. The molecule has 6 nitrogen and oxygen atoms in total. The van der Waals surface area contributed by atoms with Crippen LogP contribution in [0.1, 0.15) is 29.2 Å². The fourth-order valence-electron chi connectivity index (χ4n) is 2.33. The molecule has 0 bridgehead atoms. The third kappa shape index (κ3) is 3.71. The lowest BCUT2D eigenvalue weighted by Crippen LogP contribution is -2.27. The SMILES string of the molecule is COc1ccccc1-c1noc([C@@H](C)NC(=O)c2ccccc2Br)n1. The van der Waals surface area contributed by atoms with E-state index in [2.05, 4.69) is 31.4 Å². The van der Waals surface area contributed by atoms with Crippen LogP contribution in [0.3, 0.4) is 0 Å². The molecule has 1 aromatic heterocycles. The molecule has 128 valence electrons. The number of ether oxygens (including phenoxy) is 1. The molecule has 0 fully saturated rings. The van der Waals surface area contributed by atoms with E-state index in [1.54, 1.807) is 26.2 Å². The Hall–Kier alpha value is -2.67. The average molecular weight is 402 g/mol. The first-order valence-corrected chi connectivity index (χ1v) is 8.42. The molecule has 0 saturated heterocycles. The van der Waals surface area contributed by atoms with Crippen molar-refractivity contribution in [3.05, 3.63) is 64.5 Å². The Morgan fingerprint density at radius 1 is 1.20 bits per heavy atom. The lowest BCUT2D eigenvalue weighted by atomic mass is 10.2. The van der Waals surface area contributed by atoms with Gasteiger partial charge in [-0.15, -0.1) is 0 Å². The van der Waals surface area contributed by atoms with Gasteiger partial charge in [-0.1, -0.05) is 29.4 Å². The molecule has 0 radical (unpaired) electrons. The molecule has 0 aliphatic carbocycles. The number of nitrogens with zero attached hydrogens (tertiary/aromatic N) is 2. The highest BCUT2D eigenvalue weighted by Crippen LogP contribution is 2.28. The van der Waals surface area contributed by atoms with E-state index in [-0.39, 0.29) is 5.91 Å². The predicted octanol–water partition coefficient (Wildman–Crippen LogP) is 4.00. The summed E-state index contributed by atoms with van der Waals surface area (Å²) >= 11 is 3.37. The van der Waals surface area contributed by atoms with Crippen molar-refractivity contribution in [1.29, 1.82) is 0 Å². The minimum Gasteiger partial charge on any atom is -0.496 e. The number of aromatic nitrogens is 2. The van der Waals surface area contributed by atoms with Crippen LogP contribution in [0.2, 0.25) is 0 Å². The van der Waals surface area contributed by atoms with Crippen molar-refractivity contribution in [3.63, 3.8) is 0 Å². The maximum Gasteiger partial charge on any atom is 0.253 e. The Bertz CT molecular complexity index is 895. The molecule has 0 saturated carbocycles. The zero-order chi connectivity index (χ0) is 17.8. The smallest absolute Gasteiger partial charge is 0.253 e. The summed E-state index contributed by atoms with van der Waals surface area (Å²) in [6, 6.07) is 14.2. The maximum absolute atomic E-state index is 12.4. The van der Waals surface area contributed by atoms with Crippen molar-refractivity contribution < 1.29 is 14.1 Å². The van der Waals surface area contributed by atoms with E-state index in [9.17, 15) is 4.79 Å². The van der Waals surface area contributed by atoms with E-state index < -0.39 is 6.04 Å². The van der Waals surface area contributed by atoms with Gasteiger partial charge in [0.2, 0.25) is 11.7 Å². The van der Waals surface area contributed by atoms with Crippen molar-refractivity contribution in [2.24, 2.45) is 0 Å². The normalized spacial score (nSPS) is 11.8. The number of methoxy groups -OCH3 is 1. The number of amides is 1. The number of rotatable bonds is 5. The Morgan fingerprint density at radius 3 is 2.68 bits per heavy atom. The van der Waals surface area contributed by atoms with Crippen LogP contribution in [0, 0.1) is 0 Å². The molecule has 0 aliphatic rings. The molecule has 0 aliphatic heterocycles. The first kappa shape index (κ1) is 17.2. The minimum absolute atomic E-state index is 0.225. The fraction of sp³-hybridized carbons (Fsp3) is 0.167. The van der Waals surface area contributed by atoms with Crippen LogP contribution in [0.4, 0.5) is 0 Å². The van der Waals surface area contributed by atoms with Crippen LogP contribution in [0.5, 0.6) is 5.75 Å². The summed E-state index contributed by atoms with van der Waals surface area (Å²) in [6.45, 7) is 1.79. The van der Waals surface area contributed by atoms with Gasteiger partial charge >= 0.3 is 0 Å². The van der Waals surface area contributed by atoms with Gasteiger partial charge in [0.15, 0.2) is 0 Å². The van der Waals surface area contributed by atoms with E-state index in [1.165, 1.54) is 0 Å². The molecule has 2 aromatic carbocycles. The molecule has 1 N–H and O–H groups in total. The molecule has 7 heteroatoms. The zero-order valence-electron chi connectivity index (χ0n) is 13.7. The first-order valence-electron chi connectivity index (χ1n) is 7.62. The number of carbonyl (C=O) groups is 1. The zero-order valence-corrected chi connectivity index (χ0v) is 15.3. The van der Waals surface area contributed by atoms with E-state index in [0.717, 1.165) is 10.0 Å². The van der Waals surface area contributed by atoms with Crippen molar-refractivity contribution in [2.75, 3.05) is 7.11 Å². The summed E-state index contributed by atoms with van der Waals surface area (Å²) in [5, 5.41) is 6.84. The van der Waals surface area contributed by atoms with Crippen LogP contribution in [0.15, 0.2) is 57.5 Å². The topological polar surface area (TPSA) is 77.3 Å². The van der Waals surface area contributed by atoms with Crippen molar-refractivity contribution in [1.82, 2.24) is 15.5 Å². The Labute approximate surface area is 153 Å². The van der Waals surface area contributed by atoms with Gasteiger partial charge in [-0.05, 0) is 47.1 Å². The number of hydrogen-bond acceptors (Lipinski definition) is 5. The van der Waals surface area contributed by atoms with Crippen LogP contribution >= 0.6 is 15.9 Å². The van der Waals surface area contributed by atoms with Crippen LogP contribution in [-0.2, 0) is 0 Å². The lowest BCUT2D eigenvalue weighted by molar-refractivity contribution is 0.0931. The van der Waals surface area contributed by atoms with E-state index in [4.69, 9.17) is 9.26 Å². The third-order valence-corrected chi connectivity index (χ3v) is 4.32. The Balaban J connectivity index is 1.78. The number of halogens is 1. The molecule has 0 spiro atoms. The predicted molar refractivity (Wildman–Crippen MR) is 96.3 cm³/mol. The van der Waals surface area contributed by atoms with Crippen molar-refractivity contribution >= 4 is 21.8 Å². The van der Waals surface area contributed by atoms with Gasteiger partial charge in [0, 0.05) is 4.47 Å². The molecular weight excluding hydrogens is 386 g/mol. The van der Waals surface area contributed by atoms with E-state index in [1.807, 2.05) is 36.4 Å². The van der Waals surface area contributed by atoms with Gasteiger partial charge in [0.25, 0.3) is 5.91 Å². The molecule has 1 amide bonds.